The highest BCUT2D eigenvalue weighted by Crippen LogP contribution is 2.67. The Morgan fingerprint density at radius 2 is 1.74 bits per heavy atom. The molecule has 2 bridgehead atoms. The van der Waals surface area contributed by atoms with E-state index in [0.29, 0.717) is 55.4 Å². The van der Waals surface area contributed by atoms with Crippen LogP contribution in [0.3, 0.4) is 0 Å². The van der Waals surface area contributed by atoms with Gasteiger partial charge in [-0.2, -0.15) is 0 Å². The summed E-state index contributed by atoms with van der Waals surface area (Å²) < 4.78 is 4.87. The molecule has 3 fully saturated rings. The average molecular weight is 666 g/mol. The van der Waals surface area contributed by atoms with Crippen LogP contribution in [-0.4, -0.2) is 76.6 Å². The molecule has 1 N–H and O–H groups in total. The predicted molar refractivity (Wildman–Crippen MR) is 186 cm³/mol. The first-order valence-electron chi connectivity index (χ1n) is 16.2. The first-order valence-corrected chi connectivity index (χ1v) is 17.5. The summed E-state index contributed by atoms with van der Waals surface area (Å²) in [5.41, 5.74) is 1.28. The molecule has 3 saturated heterocycles. The number of hydrogen-bond donors (Lipinski definition) is 1. The van der Waals surface area contributed by atoms with E-state index in [1.807, 2.05) is 49.4 Å². The van der Waals surface area contributed by atoms with Crippen LogP contribution >= 0.6 is 23.4 Å². The molecule has 2 aromatic rings. The van der Waals surface area contributed by atoms with Gasteiger partial charge in [0.25, 0.3) is 5.91 Å². The van der Waals surface area contributed by atoms with Crippen molar-refractivity contribution >= 4 is 52.5 Å². The predicted octanol–water partition coefficient (Wildman–Crippen LogP) is 6.12. The number of amides is 3. The number of aliphatic hydroxyl groups excluding tert-OH is 1. The molecule has 10 heteroatoms. The Kier molecular flexibility index (Phi) is 11.2. The fourth-order valence-electron chi connectivity index (χ4n) is 7.48. The van der Waals surface area contributed by atoms with Gasteiger partial charge in [-0.1, -0.05) is 48.7 Å². The monoisotopic (exact) mass is 665 g/mol. The fourth-order valence-corrected chi connectivity index (χ4v) is 9.92. The Balaban J connectivity index is 1.51. The van der Waals surface area contributed by atoms with Crippen LogP contribution in [0.15, 0.2) is 73.8 Å². The molecule has 0 aliphatic carbocycles. The van der Waals surface area contributed by atoms with E-state index in [4.69, 9.17) is 16.3 Å². The molecule has 8 nitrogen and oxygen atoms in total. The Morgan fingerprint density at radius 3 is 2.41 bits per heavy atom. The summed E-state index contributed by atoms with van der Waals surface area (Å²) in [4.78, 5) is 49.0. The number of unbranched alkanes of at least 4 members (excludes halogenated alkanes) is 3. The zero-order valence-electron chi connectivity index (χ0n) is 26.5. The van der Waals surface area contributed by atoms with Crippen molar-refractivity contribution in [3.8, 4) is 5.75 Å². The lowest BCUT2D eigenvalue weighted by Gasteiger charge is -2.38. The molecule has 2 unspecified atom stereocenters. The summed E-state index contributed by atoms with van der Waals surface area (Å²) in [6.45, 7) is 11.3. The van der Waals surface area contributed by atoms with Gasteiger partial charge in [0.1, 0.15) is 11.8 Å². The molecule has 1 spiro atoms. The van der Waals surface area contributed by atoms with Gasteiger partial charge >= 0.3 is 0 Å². The molecule has 3 aliphatic rings. The molecule has 0 aromatic heterocycles. The van der Waals surface area contributed by atoms with Crippen molar-refractivity contribution in [2.24, 2.45) is 11.8 Å². The Morgan fingerprint density at radius 1 is 1.04 bits per heavy atom. The van der Waals surface area contributed by atoms with Crippen LogP contribution in [0.1, 0.15) is 45.4 Å². The third-order valence-electron chi connectivity index (χ3n) is 9.38. The van der Waals surface area contributed by atoms with Crippen LogP contribution in [0.2, 0.25) is 5.02 Å². The quantitative estimate of drug-likeness (QED) is 0.172. The van der Waals surface area contributed by atoms with E-state index in [9.17, 15) is 19.5 Å². The molecular weight excluding hydrogens is 622 g/mol. The van der Waals surface area contributed by atoms with Crippen LogP contribution in [-0.2, 0) is 14.4 Å². The second-order valence-corrected chi connectivity index (χ2v) is 14.1. The Bertz CT molecular complexity index is 1440. The Hall–Kier alpha value is -3.27. The molecule has 3 aliphatic heterocycles. The second-order valence-electron chi connectivity index (χ2n) is 12.1. The average Bonchev–Trinajstić information content (AvgIpc) is 3.70. The van der Waals surface area contributed by atoms with Crippen molar-refractivity contribution in [2.45, 2.75) is 61.5 Å². The maximum Gasteiger partial charge on any atom is 0.251 e. The number of likely N-dealkylation sites (tertiary alicyclic amines) is 1. The SMILES string of the molecule is C=CCN(C(=O)[C@@H]1[C@@H]2CCC3(S2)C(C(=O)N(CC=C)c2ccccc2Cl)N(CCCCCCO)C(=O)[C@H]13)c1ccc(OCC)cc1. The van der Waals surface area contributed by atoms with Crippen molar-refractivity contribution in [3.63, 3.8) is 0 Å². The van der Waals surface area contributed by atoms with Crippen molar-refractivity contribution in [2.75, 3.05) is 42.6 Å². The van der Waals surface area contributed by atoms with Gasteiger partial charge in [-0.25, -0.2) is 0 Å². The molecule has 0 saturated carbocycles. The molecule has 5 rings (SSSR count). The van der Waals surface area contributed by atoms with Gasteiger partial charge in [0.2, 0.25) is 11.8 Å². The summed E-state index contributed by atoms with van der Waals surface area (Å²) in [6, 6.07) is 13.9. The number of anilines is 2. The number of carbonyl (C=O) groups is 3. The summed E-state index contributed by atoms with van der Waals surface area (Å²) in [5.74, 6) is -0.920. The number of halogens is 1. The first kappa shape index (κ1) is 34.1. The molecule has 246 valence electrons. The molecule has 5 atom stereocenters. The van der Waals surface area contributed by atoms with Gasteiger partial charge in [0.05, 0.1) is 33.9 Å². The van der Waals surface area contributed by atoms with Crippen molar-refractivity contribution in [1.29, 1.82) is 0 Å². The number of rotatable bonds is 16. The molecular formula is C36H44ClN3O5S. The third kappa shape index (κ3) is 6.34. The minimum atomic E-state index is -0.745. The van der Waals surface area contributed by atoms with Crippen molar-refractivity contribution in [1.82, 2.24) is 4.90 Å². The van der Waals surface area contributed by atoms with Crippen LogP contribution < -0.4 is 14.5 Å². The topological polar surface area (TPSA) is 90.4 Å². The molecule has 2 aromatic carbocycles. The minimum absolute atomic E-state index is 0.0772. The highest BCUT2D eigenvalue weighted by Gasteiger charge is 2.74. The lowest BCUT2D eigenvalue weighted by molar-refractivity contribution is -0.139. The van der Waals surface area contributed by atoms with Crippen molar-refractivity contribution < 1.29 is 24.2 Å². The van der Waals surface area contributed by atoms with Gasteiger partial charge in [-0.3, -0.25) is 14.4 Å². The number of aliphatic hydroxyl groups is 1. The molecule has 46 heavy (non-hydrogen) atoms. The van der Waals surface area contributed by atoms with Crippen LogP contribution in [0.4, 0.5) is 11.4 Å². The smallest absolute Gasteiger partial charge is 0.251 e. The van der Waals surface area contributed by atoms with E-state index in [-0.39, 0.29) is 36.1 Å². The first-order chi connectivity index (χ1) is 22.3. The Labute approximate surface area is 281 Å². The van der Waals surface area contributed by atoms with Crippen LogP contribution in [0.25, 0.3) is 0 Å². The largest absolute Gasteiger partial charge is 0.494 e. The second kappa shape index (κ2) is 15.1. The van der Waals surface area contributed by atoms with Crippen molar-refractivity contribution in [3.05, 3.63) is 78.9 Å². The van der Waals surface area contributed by atoms with E-state index in [1.165, 1.54) is 0 Å². The van der Waals surface area contributed by atoms with E-state index >= 15 is 0 Å². The van der Waals surface area contributed by atoms with Crippen LogP contribution in [0, 0.1) is 11.8 Å². The number of hydrogen-bond acceptors (Lipinski definition) is 6. The number of benzene rings is 2. The van der Waals surface area contributed by atoms with Gasteiger partial charge in [0.15, 0.2) is 0 Å². The van der Waals surface area contributed by atoms with E-state index in [0.717, 1.165) is 25.0 Å². The fraction of sp³-hybridized carbons (Fsp3) is 0.472. The lowest BCUT2D eigenvalue weighted by atomic mass is 9.70. The van der Waals surface area contributed by atoms with Gasteiger partial charge < -0.3 is 24.5 Å². The minimum Gasteiger partial charge on any atom is -0.494 e. The number of fused-ring (bicyclic) bond motifs is 1. The van der Waals surface area contributed by atoms with Gasteiger partial charge in [0, 0.05) is 37.2 Å². The van der Waals surface area contributed by atoms with E-state index in [1.54, 1.807) is 44.7 Å². The standard InChI is InChI=1S/C36H44ClN3O5S/c1-4-21-38(25-15-17-26(18-16-25)45-6-3)33(42)30-29-19-20-36(46-29)31(30)34(43)40(23-11-7-8-12-24-41)32(36)35(44)39(22-5-2)28-14-10-9-13-27(28)37/h4-5,9-10,13-18,29-32,41H,1-2,6-8,11-12,19-24H2,3H3/t29-,30+,31-,32?,36?/m0/s1. The summed E-state index contributed by atoms with van der Waals surface area (Å²) in [6.07, 6.45) is 7.85. The number of carbonyl (C=O) groups excluding carboxylic acids is 3. The zero-order chi connectivity index (χ0) is 32.8. The zero-order valence-corrected chi connectivity index (χ0v) is 28.1. The van der Waals surface area contributed by atoms with E-state index in [2.05, 4.69) is 13.2 Å². The molecule has 3 heterocycles. The van der Waals surface area contributed by atoms with Gasteiger partial charge in [-0.15, -0.1) is 24.9 Å². The molecule has 3 amide bonds. The maximum atomic E-state index is 14.8. The number of ether oxygens (including phenoxy) is 1. The summed E-state index contributed by atoms with van der Waals surface area (Å²) in [5, 5.41) is 9.62. The highest BCUT2D eigenvalue weighted by atomic mass is 35.5. The number of thioether (sulfide) groups is 1. The lowest BCUT2D eigenvalue weighted by Crippen LogP contribution is -2.55. The number of nitrogens with zero attached hydrogens (tertiary/aromatic N) is 3. The van der Waals surface area contributed by atoms with E-state index < -0.39 is 22.6 Å². The van der Waals surface area contributed by atoms with Gasteiger partial charge in [-0.05, 0) is 69.0 Å². The normalized spacial score (nSPS) is 24.5. The summed E-state index contributed by atoms with van der Waals surface area (Å²) in [7, 11) is 0. The highest BCUT2D eigenvalue weighted by molar-refractivity contribution is 8.02. The third-order valence-corrected chi connectivity index (χ3v) is 11.7. The number of para-hydroxylation sites is 1. The maximum absolute atomic E-state index is 14.8. The molecule has 0 radical (unpaired) electrons. The summed E-state index contributed by atoms with van der Waals surface area (Å²) >= 11 is 8.26. The van der Waals surface area contributed by atoms with Crippen LogP contribution in [0.5, 0.6) is 5.75 Å².